The third-order valence-electron chi connectivity index (χ3n) is 4.79. The average molecular weight is 503 g/mol. The van der Waals surface area contributed by atoms with Crippen molar-refractivity contribution in [3.8, 4) is 0 Å². The predicted molar refractivity (Wildman–Crippen MR) is 134 cm³/mol. The predicted octanol–water partition coefficient (Wildman–Crippen LogP) is 5.36. The molecule has 0 saturated carbocycles. The molecule has 0 aromatic heterocycles. The first-order chi connectivity index (χ1) is 16.1. The largest absolute Gasteiger partial charge is 0.461 e. The molecule has 0 saturated heterocycles. The maximum atomic E-state index is 13.4. The van der Waals surface area contributed by atoms with Crippen molar-refractivity contribution in [3.05, 3.63) is 85.0 Å². The monoisotopic (exact) mass is 502 g/mol. The highest BCUT2D eigenvalue weighted by Gasteiger charge is 2.29. The topological polar surface area (TPSA) is 86.7 Å². The summed E-state index contributed by atoms with van der Waals surface area (Å²) in [6.07, 6.45) is 0.535. The molecule has 2 rings (SSSR count). The van der Waals surface area contributed by atoms with Crippen LogP contribution in [0.25, 0.3) is 0 Å². The van der Waals surface area contributed by atoms with Gasteiger partial charge in [-0.3, -0.25) is 9.59 Å². The Balaban J connectivity index is 2.20. The Morgan fingerprint density at radius 3 is 1.97 bits per heavy atom. The van der Waals surface area contributed by atoms with E-state index in [4.69, 9.17) is 9.47 Å². The van der Waals surface area contributed by atoms with Crippen molar-refractivity contribution in [2.75, 3.05) is 6.61 Å². The van der Waals surface area contributed by atoms with Crippen molar-refractivity contribution in [1.29, 1.82) is 0 Å². The second kappa shape index (κ2) is 13.2. The van der Waals surface area contributed by atoms with Crippen LogP contribution in [-0.2, 0) is 28.9 Å². The molecule has 2 unspecified atom stereocenters. The lowest BCUT2D eigenvalue weighted by Crippen LogP contribution is -2.25. The summed E-state index contributed by atoms with van der Waals surface area (Å²) in [4.78, 5) is 23.9. The van der Waals surface area contributed by atoms with Crippen LogP contribution in [0.1, 0.15) is 33.1 Å². The van der Waals surface area contributed by atoms with Gasteiger partial charge in [0, 0.05) is 25.2 Å². The van der Waals surface area contributed by atoms with Crippen LogP contribution >= 0.6 is 11.8 Å². The Kier molecular flexibility index (Phi) is 10.6. The summed E-state index contributed by atoms with van der Waals surface area (Å²) >= 11 is 1.37. The fourth-order valence-electron chi connectivity index (χ4n) is 3.26. The maximum absolute atomic E-state index is 13.4. The van der Waals surface area contributed by atoms with Gasteiger partial charge in [0.15, 0.2) is 15.3 Å². The molecule has 0 radical (unpaired) electrons. The van der Waals surface area contributed by atoms with E-state index in [0.29, 0.717) is 11.1 Å². The van der Waals surface area contributed by atoms with Crippen LogP contribution in [0.2, 0.25) is 0 Å². The molecule has 0 heterocycles. The van der Waals surface area contributed by atoms with Gasteiger partial charge in [0.05, 0.1) is 10.1 Å². The quantitative estimate of drug-likeness (QED) is 0.158. The summed E-state index contributed by atoms with van der Waals surface area (Å²) in [6.45, 7) is 10.5. The number of sulfone groups is 1. The third kappa shape index (κ3) is 9.19. The van der Waals surface area contributed by atoms with Gasteiger partial charge in [0.25, 0.3) is 0 Å². The van der Waals surface area contributed by atoms with Gasteiger partial charge in [-0.2, -0.15) is 0 Å². The molecule has 0 bridgehead atoms. The molecule has 0 aliphatic rings. The molecule has 182 valence electrons. The van der Waals surface area contributed by atoms with Crippen LogP contribution < -0.4 is 0 Å². The second-order valence-electron chi connectivity index (χ2n) is 7.84. The molecule has 0 amide bonds. The lowest BCUT2D eigenvalue weighted by Gasteiger charge is -2.23. The van der Waals surface area contributed by atoms with Crippen LogP contribution in [0.15, 0.2) is 94.8 Å². The summed E-state index contributed by atoms with van der Waals surface area (Å²) in [5, 5.41) is -0.856. The number of rotatable bonds is 13. The number of carbonyl (C=O) groups excluding carboxylic acids is 2. The van der Waals surface area contributed by atoms with Crippen LogP contribution in [0, 0.1) is 0 Å². The van der Waals surface area contributed by atoms with Crippen molar-refractivity contribution >= 4 is 33.5 Å². The molecule has 6 nitrogen and oxygen atoms in total. The van der Waals surface area contributed by atoms with Crippen molar-refractivity contribution in [2.45, 2.75) is 53.6 Å². The highest BCUT2D eigenvalue weighted by Crippen LogP contribution is 2.32. The standard InChI is InChI=1S/C26H30O6S2/c1-19(17-26(32-22(4)28)33-23-11-7-5-8-12-23)15-25(16-20(2)18-31-21(3)27)34(29,30)24-13-9-6-10-14-24/h5-14,25-26H,1-2,15-18H2,3-4H3. The molecule has 0 fully saturated rings. The summed E-state index contributed by atoms with van der Waals surface area (Å²) in [7, 11) is -3.72. The van der Waals surface area contributed by atoms with Gasteiger partial charge in [-0.05, 0) is 42.7 Å². The van der Waals surface area contributed by atoms with Gasteiger partial charge < -0.3 is 9.47 Å². The van der Waals surface area contributed by atoms with E-state index in [2.05, 4.69) is 13.2 Å². The van der Waals surface area contributed by atoms with Gasteiger partial charge >= 0.3 is 11.9 Å². The smallest absolute Gasteiger partial charge is 0.303 e. The number of hydrogen-bond donors (Lipinski definition) is 0. The van der Waals surface area contributed by atoms with Crippen LogP contribution in [0.3, 0.4) is 0 Å². The van der Waals surface area contributed by atoms with E-state index in [-0.39, 0.29) is 30.8 Å². The minimum atomic E-state index is -3.72. The zero-order chi connectivity index (χ0) is 25.1. The fourth-order valence-corrected chi connectivity index (χ4v) is 6.22. The minimum Gasteiger partial charge on any atom is -0.461 e. The Labute approximate surface area is 206 Å². The van der Waals surface area contributed by atoms with Crippen molar-refractivity contribution in [1.82, 2.24) is 0 Å². The van der Waals surface area contributed by atoms with E-state index in [9.17, 15) is 18.0 Å². The van der Waals surface area contributed by atoms with E-state index in [1.165, 1.54) is 25.6 Å². The lowest BCUT2D eigenvalue weighted by molar-refractivity contribution is -0.142. The molecule has 34 heavy (non-hydrogen) atoms. The van der Waals surface area contributed by atoms with Crippen molar-refractivity contribution < 1.29 is 27.5 Å². The van der Waals surface area contributed by atoms with Crippen molar-refractivity contribution in [3.63, 3.8) is 0 Å². The minimum absolute atomic E-state index is 0.0530. The van der Waals surface area contributed by atoms with Crippen LogP contribution in [0.4, 0.5) is 0 Å². The van der Waals surface area contributed by atoms with Gasteiger partial charge in [0.2, 0.25) is 0 Å². The molecule has 0 aliphatic carbocycles. The summed E-state index contributed by atoms with van der Waals surface area (Å²) < 4.78 is 37.3. The lowest BCUT2D eigenvalue weighted by atomic mass is 10.0. The molecule has 0 aliphatic heterocycles. The van der Waals surface area contributed by atoms with Crippen molar-refractivity contribution in [2.24, 2.45) is 0 Å². The zero-order valence-corrected chi connectivity index (χ0v) is 21.1. The van der Waals surface area contributed by atoms with E-state index in [1.807, 2.05) is 30.3 Å². The Morgan fingerprint density at radius 1 is 0.853 bits per heavy atom. The van der Waals surface area contributed by atoms with Gasteiger partial charge in [0.1, 0.15) is 6.61 Å². The zero-order valence-electron chi connectivity index (χ0n) is 19.4. The van der Waals surface area contributed by atoms with Gasteiger partial charge in [-0.15, -0.1) is 0 Å². The van der Waals surface area contributed by atoms with Crippen LogP contribution in [-0.4, -0.2) is 37.6 Å². The number of benzene rings is 2. The number of esters is 2. The molecule has 0 N–H and O–H groups in total. The second-order valence-corrected chi connectivity index (χ2v) is 11.3. The van der Waals surface area contributed by atoms with E-state index in [1.54, 1.807) is 30.3 Å². The SMILES string of the molecule is C=C(COC(C)=O)CC(CC(=C)CC(OC(C)=O)Sc1ccccc1)S(=O)(=O)c1ccccc1. The normalized spacial score (nSPS) is 12.9. The highest BCUT2D eigenvalue weighted by atomic mass is 32.2. The molecule has 8 heteroatoms. The fraction of sp³-hybridized carbons (Fsp3) is 0.308. The maximum Gasteiger partial charge on any atom is 0.303 e. The molecule has 0 spiro atoms. The molecule has 2 aromatic rings. The number of carbonyl (C=O) groups is 2. The molecule has 2 aromatic carbocycles. The first kappa shape index (κ1) is 27.4. The average Bonchev–Trinajstić information content (AvgIpc) is 2.78. The Bertz CT molecular complexity index is 1090. The summed E-state index contributed by atoms with van der Waals surface area (Å²) in [5.74, 6) is -0.889. The molecule has 2 atom stereocenters. The number of thioether (sulfide) groups is 1. The first-order valence-corrected chi connectivity index (χ1v) is 13.1. The van der Waals surface area contributed by atoms with Crippen LogP contribution in [0.5, 0.6) is 0 Å². The first-order valence-electron chi connectivity index (χ1n) is 10.7. The van der Waals surface area contributed by atoms with E-state index < -0.39 is 32.5 Å². The Hall–Kier alpha value is -2.84. The Morgan fingerprint density at radius 2 is 1.41 bits per heavy atom. The highest BCUT2D eigenvalue weighted by molar-refractivity contribution is 7.99. The summed E-state index contributed by atoms with van der Waals surface area (Å²) in [5.41, 5.74) is 0.568. The summed E-state index contributed by atoms with van der Waals surface area (Å²) in [6, 6.07) is 17.7. The van der Waals surface area contributed by atoms with E-state index >= 15 is 0 Å². The van der Waals surface area contributed by atoms with Gasteiger partial charge in [-0.25, -0.2) is 8.42 Å². The number of hydrogen-bond acceptors (Lipinski definition) is 7. The third-order valence-corrected chi connectivity index (χ3v) is 8.00. The molecular formula is C26H30O6S2. The van der Waals surface area contributed by atoms with E-state index in [0.717, 1.165) is 4.90 Å². The number of ether oxygens (including phenoxy) is 2. The van der Waals surface area contributed by atoms with Gasteiger partial charge in [-0.1, -0.05) is 66.9 Å². The molecular weight excluding hydrogens is 472 g/mol.